The maximum atomic E-state index is 12.4. The molecule has 0 spiro atoms. The molecule has 2 amide bonds. The van der Waals surface area contributed by atoms with Crippen LogP contribution in [0.3, 0.4) is 0 Å². The molecule has 0 bridgehead atoms. The van der Waals surface area contributed by atoms with Crippen LogP contribution in [0.15, 0.2) is 24.3 Å². The number of aromatic nitrogens is 2. The monoisotopic (exact) mass is 331 g/mol. The summed E-state index contributed by atoms with van der Waals surface area (Å²) >= 11 is 1.39. The number of anilines is 2. The van der Waals surface area contributed by atoms with Gasteiger partial charge in [0, 0.05) is 31.9 Å². The largest absolute Gasteiger partial charge is 0.369 e. The lowest BCUT2D eigenvalue weighted by molar-refractivity contribution is 0.215. The normalized spacial score (nSPS) is 15.4. The molecule has 0 saturated carbocycles. The standard InChI is InChI=1S/C16H21N5OS/c1-12-6-3-4-7-14(12)20-8-5-9-21(11-10-20)16(22)17-15-19-18-13(2)23-15/h3-4,6-7H,5,8-11H2,1-2H3,(H,17,19,22). The molecule has 1 saturated heterocycles. The zero-order valence-corrected chi connectivity index (χ0v) is 14.3. The molecule has 6 nitrogen and oxygen atoms in total. The molecule has 2 aromatic rings. The van der Waals surface area contributed by atoms with Gasteiger partial charge in [-0.15, -0.1) is 10.2 Å². The van der Waals surface area contributed by atoms with Crippen molar-refractivity contribution in [3.63, 3.8) is 0 Å². The molecule has 1 aromatic heterocycles. The van der Waals surface area contributed by atoms with Gasteiger partial charge < -0.3 is 9.80 Å². The first-order chi connectivity index (χ1) is 11.1. The lowest BCUT2D eigenvalue weighted by Crippen LogP contribution is -2.38. The van der Waals surface area contributed by atoms with Crippen molar-refractivity contribution in [1.29, 1.82) is 0 Å². The van der Waals surface area contributed by atoms with Crippen LogP contribution < -0.4 is 10.2 Å². The number of hydrogen-bond donors (Lipinski definition) is 1. The van der Waals surface area contributed by atoms with E-state index in [-0.39, 0.29) is 6.03 Å². The highest BCUT2D eigenvalue weighted by Crippen LogP contribution is 2.21. The van der Waals surface area contributed by atoms with Gasteiger partial charge in [0.15, 0.2) is 0 Å². The quantitative estimate of drug-likeness (QED) is 0.919. The third-order valence-electron chi connectivity index (χ3n) is 3.98. The molecular weight excluding hydrogens is 310 g/mol. The van der Waals surface area contributed by atoms with Crippen LogP contribution in [-0.4, -0.2) is 47.3 Å². The third-order valence-corrected chi connectivity index (χ3v) is 4.73. The average molecular weight is 331 g/mol. The van der Waals surface area contributed by atoms with Crippen molar-refractivity contribution in [3.05, 3.63) is 34.8 Å². The molecule has 1 aromatic carbocycles. The van der Waals surface area contributed by atoms with Gasteiger partial charge in [-0.1, -0.05) is 29.5 Å². The first kappa shape index (κ1) is 15.7. The Labute approximate surface area is 140 Å². The van der Waals surface area contributed by atoms with Gasteiger partial charge in [-0.25, -0.2) is 4.79 Å². The molecule has 0 radical (unpaired) electrons. The number of amides is 2. The molecule has 3 rings (SSSR count). The van der Waals surface area contributed by atoms with E-state index in [1.807, 2.05) is 11.8 Å². The fourth-order valence-corrected chi connectivity index (χ4v) is 3.38. The summed E-state index contributed by atoms with van der Waals surface area (Å²) in [6, 6.07) is 8.31. The summed E-state index contributed by atoms with van der Waals surface area (Å²) in [4.78, 5) is 16.6. The Morgan fingerprint density at radius 2 is 1.96 bits per heavy atom. The number of aryl methyl sites for hydroxylation is 2. The second kappa shape index (κ2) is 6.95. The fourth-order valence-electron chi connectivity index (χ4n) is 2.80. The Kier molecular flexibility index (Phi) is 4.76. The number of nitrogens with zero attached hydrogens (tertiary/aromatic N) is 4. The minimum Gasteiger partial charge on any atom is -0.369 e. The summed E-state index contributed by atoms with van der Waals surface area (Å²) in [5, 5.41) is 12.1. The summed E-state index contributed by atoms with van der Waals surface area (Å²) in [5.74, 6) is 0. The second-order valence-corrected chi connectivity index (χ2v) is 6.85. The van der Waals surface area contributed by atoms with E-state index in [1.165, 1.54) is 22.6 Å². The summed E-state index contributed by atoms with van der Waals surface area (Å²) in [5.41, 5.74) is 2.53. The van der Waals surface area contributed by atoms with Crippen molar-refractivity contribution < 1.29 is 4.79 Å². The van der Waals surface area contributed by atoms with Crippen LogP contribution in [-0.2, 0) is 0 Å². The van der Waals surface area contributed by atoms with Crippen molar-refractivity contribution in [2.24, 2.45) is 0 Å². The van der Waals surface area contributed by atoms with Crippen LogP contribution >= 0.6 is 11.3 Å². The zero-order chi connectivity index (χ0) is 16.2. The zero-order valence-electron chi connectivity index (χ0n) is 13.5. The van der Waals surface area contributed by atoms with E-state index < -0.39 is 0 Å². The summed E-state index contributed by atoms with van der Waals surface area (Å²) in [6.07, 6.45) is 0.955. The summed E-state index contributed by atoms with van der Waals surface area (Å²) < 4.78 is 0. The number of carbonyl (C=O) groups excluding carboxylic acids is 1. The van der Waals surface area contributed by atoms with Crippen molar-refractivity contribution >= 4 is 28.2 Å². The predicted octanol–water partition coefficient (Wildman–Crippen LogP) is 2.90. The number of benzene rings is 1. The van der Waals surface area contributed by atoms with Gasteiger partial charge in [0.1, 0.15) is 5.01 Å². The van der Waals surface area contributed by atoms with E-state index in [4.69, 9.17) is 0 Å². The SMILES string of the molecule is Cc1nnc(NC(=O)N2CCCN(c3ccccc3C)CC2)s1. The first-order valence-corrected chi connectivity index (χ1v) is 8.62. The second-order valence-electron chi connectivity index (χ2n) is 5.67. The van der Waals surface area contributed by atoms with Crippen LogP contribution in [0.2, 0.25) is 0 Å². The summed E-state index contributed by atoms with van der Waals surface area (Å²) in [6.45, 7) is 7.27. The molecule has 7 heteroatoms. The number of urea groups is 1. The number of para-hydroxylation sites is 1. The maximum Gasteiger partial charge on any atom is 0.323 e. The van der Waals surface area contributed by atoms with Gasteiger partial charge in [0.2, 0.25) is 5.13 Å². The van der Waals surface area contributed by atoms with Gasteiger partial charge in [0.25, 0.3) is 0 Å². The molecule has 0 unspecified atom stereocenters. The van der Waals surface area contributed by atoms with Gasteiger partial charge >= 0.3 is 6.03 Å². The van der Waals surface area contributed by atoms with E-state index in [0.29, 0.717) is 11.7 Å². The van der Waals surface area contributed by atoms with Crippen LogP contribution in [0, 0.1) is 13.8 Å². The van der Waals surface area contributed by atoms with E-state index >= 15 is 0 Å². The van der Waals surface area contributed by atoms with Crippen LogP contribution in [0.1, 0.15) is 17.0 Å². The molecule has 122 valence electrons. The molecule has 0 aliphatic carbocycles. The lowest BCUT2D eigenvalue weighted by atomic mass is 10.2. The number of hydrogen-bond acceptors (Lipinski definition) is 5. The molecule has 1 aliphatic rings. The van der Waals surface area contributed by atoms with Gasteiger partial charge in [0.05, 0.1) is 0 Å². The first-order valence-electron chi connectivity index (χ1n) is 7.80. The van der Waals surface area contributed by atoms with E-state index in [0.717, 1.165) is 31.1 Å². The Morgan fingerprint density at radius 3 is 2.70 bits per heavy atom. The fraction of sp³-hybridized carbons (Fsp3) is 0.438. The molecular formula is C16H21N5OS. The predicted molar refractivity (Wildman–Crippen MR) is 93.2 cm³/mol. The smallest absolute Gasteiger partial charge is 0.323 e. The van der Waals surface area contributed by atoms with Crippen molar-refractivity contribution in [1.82, 2.24) is 15.1 Å². The van der Waals surface area contributed by atoms with Gasteiger partial charge in [-0.05, 0) is 31.9 Å². The molecule has 2 heterocycles. The number of rotatable bonds is 2. The lowest BCUT2D eigenvalue weighted by Gasteiger charge is -2.25. The Morgan fingerprint density at radius 1 is 1.13 bits per heavy atom. The summed E-state index contributed by atoms with van der Waals surface area (Å²) in [7, 11) is 0. The topological polar surface area (TPSA) is 61.4 Å². The van der Waals surface area contributed by atoms with E-state index in [9.17, 15) is 4.79 Å². The third kappa shape index (κ3) is 3.79. The van der Waals surface area contributed by atoms with E-state index in [1.54, 1.807) is 0 Å². The molecule has 1 aliphatic heterocycles. The number of nitrogens with one attached hydrogen (secondary N) is 1. The van der Waals surface area contributed by atoms with E-state index in [2.05, 4.69) is 51.6 Å². The highest BCUT2D eigenvalue weighted by molar-refractivity contribution is 7.15. The highest BCUT2D eigenvalue weighted by Gasteiger charge is 2.20. The Balaban J connectivity index is 1.62. The minimum atomic E-state index is -0.0900. The molecule has 0 atom stereocenters. The molecule has 23 heavy (non-hydrogen) atoms. The minimum absolute atomic E-state index is 0.0900. The van der Waals surface area contributed by atoms with Gasteiger partial charge in [-0.2, -0.15) is 0 Å². The Hall–Kier alpha value is -2.15. The van der Waals surface area contributed by atoms with Crippen molar-refractivity contribution in [2.45, 2.75) is 20.3 Å². The van der Waals surface area contributed by atoms with Gasteiger partial charge in [-0.3, -0.25) is 5.32 Å². The van der Waals surface area contributed by atoms with Crippen molar-refractivity contribution in [2.75, 3.05) is 36.4 Å². The van der Waals surface area contributed by atoms with Crippen LogP contribution in [0.4, 0.5) is 15.6 Å². The van der Waals surface area contributed by atoms with Crippen LogP contribution in [0.25, 0.3) is 0 Å². The Bertz CT molecular complexity index is 687. The maximum absolute atomic E-state index is 12.4. The molecule has 1 fully saturated rings. The highest BCUT2D eigenvalue weighted by atomic mass is 32.1. The number of carbonyl (C=O) groups is 1. The van der Waals surface area contributed by atoms with Crippen molar-refractivity contribution in [3.8, 4) is 0 Å². The molecule has 1 N–H and O–H groups in total. The average Bonchev–Trinajstić information content (AvgIpc) is 2.80. The van der Waals surface area contributed by atoms with Crippen LogP contribution in [0.5, 0.6) is 0 Å².